The van der Waals surface area contributed by atoms with Crippen molar-refractivity contribution in [3.05, 3.63) is 23.9 Å². The maximum Gasteiger partial charge on any atom is 0.321 e. The highest BCUT2D eigenvalue weighted by Crippen LogP contribution is 2.24. The molecule has 23 heavy (non-hydrogen) atoms. The predicted octanol–water partition coefficient (Wildman–Crippen LogP) is 2.64. The number of hydrogen-bond acceptors (Lipinski definition) is 3. The van der Waals surface area contributed by atoms with Crippen molar-refractivity contribution >= 4 is 33.4 Å². The molecule has 1 aromatic heterocycles. The first kappa shape index (κ1) is 16.0. The molecule has 1 fully saturated rings. The second kappa shape index (κ2) is 5.96. The molecule has 1 saturated heterocycles. The van der Waals surface area contributed by atoms with Crippen molar-refractivity contribution in [3.8, 4) is 0 Å². The summed E-state index contributed by atoms with van der Waals surface area (Å²) in [7, 11) is -0.903. The number of anilines is 1. The fraction of sp³-hybridized carbons (Fsp3) is 0.500. The molecule has 0 spiro atoms. The van der Waals surface area contributed by atoms with Crippen LogP contribution in [0.25, 0.3) is 10.9 Å². The number of aromatic amines is 1. The number of H-pyrrole nitrogens is 1. The molecule has 6 nitrogen and oxygen atoms in total. The van der Waals surface area contributed by atoms with Gasteiger partial charge >= 0.3 is 6.03 Å². The lowest BCUT2D eigenvalue weighted by molar-refractivity contribution is 0.214. The van der Waals surface area contributed by atoms with Crippen molar-refractivity contribution in [1.82, 2.24) is 15.1 Å². The van der Waals surface area contributed by atoms with Gasteiger partial charge in [0.25, 0.3) is 0 Å². The van der Waals surface area contributed by atoms with Crippen LogP contribution in [0, 0.1) is 6.92 Å². The van der Waals surface area contributed by atoms with Gasteiger partial charge in [0.15, 0.2) is 0 Å². The summed E-state index contributed by atoms with van der Waals surface area (Å²) in [5, 5.41) is 10.9. The Bertz CT molecular complexity index is 769. The molecular formula is C16H22N4O2S. The maximum absolute atomic E-state index is 12.5. The number of nitrogens with one attached hydrogen (secondary N) is 2. The number of hydrogen-bond donors (Lipinski definition) is 2. The molecule has 2 amide bonds. The van der Waals surface area contributed by atoms with Crippen LogP contribution < -0.4 is 5.32 Å². The largest absolute Gasteiger partial charge is 0.324 e. The van der Waals surface area contributed by atoms with Crippen LogP contribution in [0.15, 0.2) is 18.3 Å². The molecule has 1 aromatic carbocycles. The Morgan fingerprint density at radius 1 is 1.39 bits per heavy atom. The molecule has 0 bridgehead atoms. The van der Waals surface area contributed by atoms with Crippen LogP contribution >= 0.6 is 0 Å². The molecule has 2 aromatic rings. The number of carbonyl (C=O) groups is 1. The van der Waals surface area contributed by atoms with Crippen LogP contribution in [0.1, 0.15) is 25.8 Å². The number of fused-ring (bicyclic) bond motifs is 1. The molecule has 1 atom stereocenters. The molecule has 3 rings (SSSR count). The van der Waals surface area contributed by atoms with Crippen molar-refractivity contribution in [1.29, 1.82) is 0 Å². The summed E-state index contributed by atoms with van der Waals surface area (Å²) in [6.07, 6.45) is 2.52. The summed E-state index contributed by atoms with van der Waals surface area (Å²) in [4.78, 5) is 14.3. The van der Waals surface area contributed by atoms with E-state index in [0.717, 1.165) is 28.6 Å². The zero-order valence-corrected chi connectivity index (χ0v) is 14.5. The van der Waals surface area contributed by atoms with E-state index in [1.165, 1.54) is 0 Å². The second-order valence-electron chi connectivity index (χ2n) is 6.60. The Morgan fingerprint density at radius 3 is 2.96 bits per heavy atom. The van der Waals surface area contributed by atoms with Gasteiger partial charge in [-0.15, -0.1) is 0 Å². The van der Waals surface area contributed by atoms with Crippen LogP contribution in [0.4, 0.5) is 10.5 Å². The van der Waals surface area contributed by atoms with Crippen LogP contribution in [0.2, 0.25) is 0 Å². The van der Waals surface area contributed by atoms with E-state index in [9.17, 15) is 9.00 Å². The van der Waals surface area contributed by atoms with Gasteiger partial charge in [0.05, 0.1) is 11.7 Å². The van der Waals surface area contributed by atoms with Gasteiger partial charge in [0.1, 0.15) is 0 Å². The summed E-state index contributed by atoms with van der Waals surface area (Å²) in [5.74, 6) is 0.527. The molecule has 0 radical (unpaired) electrons. The predicted molar refractivity (Wildman–Crippen MR) is 93.1 cm³/mol. The number of carbonyl (C=O) groups excluding carboxylic acids is 1. The first-order chi connectivity index (χ1) is 10.9. The zero-order valence-electron chi connectivity index (χ0n) is 13.7. The summed E-state index contributed by atoms with van der Waals surface area (Å²) in [6, 6.07) is 3.68. The fourth-order valence-electron chi connectivity index (χ4n) is 2.81. The highest BCUT2D eigenvalue weighted by Gasteiger charge is 2.31. The lowest BCUT2D eigenvalue weighted by atomic mass is 10.1. The Hall–Kier alpha value is -1.89. The summed E-state index contributed by atoms with van der Waals surface area (Å²) in [6.45, 7) is 7.13. The minimum Gasteiger partial charge on any atom is -0.324 e. The molecule has 0 aliphatic carbocycles. The van der Waals surface area contributed by atoms with Gasteiger partial charge in [-0.3, -0.25) is 9.31 Å². The Labute approximate surface area is 138 Å². The number of benzene rings is 1. The Morgan fingerprint density at radius 2 is 2.17 bits per heavy atom. The molecule has 0 saturated carbocycles. The average molecular weight is 334 g/mol. The topological polar surface area (TPSA) is 78.1 Å². The van der Waals surface area contributed by atoms with E-state index in [2.05, 4.69) is 15.5 Å². The van der Waals surface area contributed by atoms with Gasteiger partial charge in [-0.2, -0.15) is 5.10 Å². The third-order valence-electron chi connectivity index (χ3n) is 4.45. The molecule has 2 heterocycles. The van der Waals surface area contributed by atoms with Gasteiger partial charge in [-0.05, 0) is 44.9 Å². The summed E-state index contributed by atoms with van der Waals surface area (Å²) < 4.78 is 11.9. The Kier molecular flexibility index (Phi) is 4.14. The van der Waals surface area contributed by atoms with E-state index in [0.29, 0.717) is 18.8 Å². The summed E-state index contributed by atoms with van der Waals surface area (Å²) >= 11 is 0. The molecule has 1 aliphatic rings. The standard InChI is InChI=1S/C16H22N4O2S/c1-11-8-12(9-14-13(11)10-17-19-14)18-15(21)20-5-4-16(2,3)23(22)7-6-20/h8-10H,4-7H2,1-3H3,(H,17,19)(H,18,21)/t23-/m0/s1. The molecular weight excluding hydrogens is 312 g/mol. The number of nitrogens with zero attached hydrogens (tertiary/aromatic N) is 2. The minimum atomic E-state index is -0.903. The van der Waals surface area contributed by atoms with Crippen molar-refractivity contribution in [3.63, 3.8) is 0 Å². The minimum absolute atomic E-state index is 0.141. The second-order valence-corrected chi connectivity index (χ2v) is 8.81. The lowest BCUT2D eigenvalue weighted by Gasteiger charge is -2.22. The van der Waals surface area contributed by atoms with Crippen LogP contribution in [-0.4, -0.2) is 48.9 Å². The maximum atomic E-state index is 12.5. The quantitative estimate of drug-likeness (QED) is 0.841. The van der Waals surface area contributed by atoms with Crippen molar-refractivity contribution < 1.29 is 9.00 Å². The number of rotatable bonds is 1. The number of aryl methyl sites for hydroxylation is 1. The van der Waals surface area contributed by atoms with Gasteiger partial charge in [0, 0.05) is 45.5 Å². The molecule has 124 valence electrons. The molecule has 2 N–H and O–H groups in total. The third kappa shape index (κ3) is 3.24. The highest BCUT2D eigenvalue weighted by atomic mass is 32.2. The third-order valence-corrected chi connectivity index (χ3v) is 6.44. The smallest absolute Gasteiger partial charge is 0.321 e. The zero-order chi connectivity index (χ0) is 16.6. The first-order valence-corrected chi connectivity index (χ1v) is 9.07. The highest BCUT2D eigenvalue weighted by molar-refractivity contribution is 7.86. The molecule has 1 aliphatic heterocycles. The van der Waals surface area contributed by atoms with E-state index in [1.807, 2.05) is 32.9 Å². The van der Waals surface area contributed by atoms with E-state index in [4.69, 9.17) is 0 Å². The monoisotopic (exact) mass is 334 g/mol. The van der Waals surface area contributed by atoms with E-state index in [-0.39, 0.29) is 10.8 Å². The van der Waals surface area contributed by atoms with Crippen molar-refractivity contribution in [2.24, 2.45) is 0 Å². The summed E-state index contributed by atoms with van der Waals surface area (Å²) in [5.41, 5.74) is 2.71. The van der Waals surface area contributed by atoms with Crippen LogP contribution in [0.3, 0.4) is 0 Å². The van der Waals surface area contributed by atoms with Crippen LogP contribution in [-0.2, 0) is 10.8 Å². The van der Waals surface area contributed by atoms with Crippen LogP contribution in [0.5, 0.6) is 0 Å². The van der Waals surface area contributed by atoms with Gasteiger partial charge in [-0.1, -0.05) is 0 Å². The number of amides is 2. The SMILES string of the molecule is Cc1cc(NC(=O)N2CC[S@](=O)C(C)(C)CC2)cc2[nH]ncc12. The van der Waals surface area contributed by atoms with Crippen molar-refractivity contribution in [2.75, 3.05) is 24.2 Å². The van der Waals surface area contributed by atoms with Crippen molar-refractivity contribution in [2.45, 2.75) is 31.9 Å². The lowest BCUT2D eigenvalue weighted by Crippen LogP contribution is -2.37. The van der Waals surface area contributed by atoms with E-state index < -0.39 is 10.8 Å². The molecule has 0 unspecified atom stereocenters. The Balaban J connectivity index is 1.74. The normalized spacial score (nSPS) is 21.2. The van der Waals surface area contributed by atoms with E-state index in [1.54, 1.807) is 11.1 Å². The first-order valence-electron chi connectivity index (χ1n) is 7.75. The molecule has 7 heteroatoms. The average Bonchev–Trinajstić information content (AvgIpc) is 2.90. The number of aromatic nitrogens is 2. The van der Waals surface area contributed by atoms with E-state index >= 15 is 0 Å². The fourth-order valence-corrected chi connectivity index (χ4v) is 4.06. The van der Waals surface area contributed by atoms with Gasteiger partial charge in [0.2, 0.25) is 0 Å². The van der Waals surface area contributed by atoms with Gasteiger partial charge < -0.3 is 10.2 Å². The van der Waals surface area contributed by atoms with Gasteiger partial charge in [-0.25, -0.2) is 4.79 Å². The number of urea groups is 1.